The lowest BCUT2D eigenvalue weighted by atomic mass is 10.0. The van der Waals surface area contributed by atoms with Crippen molar-refractivity contribution in [1.29, 1.82) is 0 Å². The van der Waals surface area contributed by atoms with E-state index in [-0.39, 0.29) is 11.9 Å². The van der Waals surface area contributed by atoms with Crippen LogP contribution in [0, 0.1) is 0 Å². The van der Waals surface area contributed by atoms with Crippen LogP contribution in [-0.4, -0.2) is 24.7 Å². The third-order valence-corrected chi connectivity index (χ3v) is 4.46. The third kappa shape index (κ3) is 3.83. The molecule has 1 unspecified atom stereocenters. The van der Waals surface area contributed by atoms with Gasteiger partial charge in [-0.05, 0) is 57.0 Å². The highest BCUT2D eigenvalue weighted by atomic mass is 16.5. The Balaban J connectivity index is 1.74. The quantitative estimate of drug-likeness (QED) is 0.804. The Morgan fingerprint density at radius 3 is 2.62 bits per heavy atom. The van der Waals surface area contributed by atoms with Crippen LogP contribution >= 0.6 is 0 Å². The van der Waals surface area contributed by atoms with E-state index < -0.39 is 5.60 Å². The summed E-state index contributed by atoms with van der Waals surface area (Å²) in [6, 6.07) is 15.4. The molecule has 26 heavy (non-hydrogen) atoms. The maximum Gasteiger partial charge on any atom is 0.270 e. The number of nitrogens with zero attached hydrogens (tertiary/aromatic N) is 1. The molecule has 1 aliphatic rings. The summed E-state index contributed by atoms with van der Waals surface area (Å²) < 4.78 is 11.7. The zero-order chi connectivity index (χ0) is 18.7. The minimum absolute atomic E-state index is 0.0495. The lowest BCUT2D eigenvalue weighted by molar-refractivity contribution is -0.132. The van der Waals surface area contributed by atoms with Crippen LogP contribution in [0.1, 0.15) is 38.8 Å². The molecule has 0 bridgehead atoms. The second-order valence-corrected chi connectivity index (χ2v) is 7.10. The van der Waals surface area contributed by atoms with Crippen LogP contribution in [0.25, 0.3) is 0 Å². The molecule has 1 amide bonds. The summed E-state index contributed by atoms with van der Waals surface area (Å²) >= 11 is 0. The second kappa shape index (κ2) is 7.38. The van der Waals surface area contributed by atoms with Crippen molar-refractivity contribution in [2.75, 3.05) is 18.1 Å². The number of rotatable bonds is 6. The molecule has 2 aromatic rings. The maximum atomic E-state index is 12.9. The molecule has 5 heteroatoms. The van der Waals surface area contributed by atoms with Gasteiger partial charge in [-0.2, -0.15) is 0 Å². The van der Waals surface area contributed by atoms with Crippen LogP contribution in [0.15, 0.2) is 48.5 Å². The Morgan fingerprint density at radius 2 is 1.92 bits per heavy atom. The van der Waals surface area contributed by atoms with Crippen molar-refractivity contribution in [2.24, 2.45) is 5.73 Å². The van der Waals surface area contributed by atoms with Gasteiger partial charge in [0.25, 0.3) is 5.91 Å². The summed E-state index contributed by atoms with van der Waals surface area (Å²) in [6.45, 7) is 6.62. The van der Waals surface area contributed by atoms with Crippen molar-refractivity contribution >= 4 is 11.6 Å². The molecule has 0 aliphatic carbocycles. The number of fused-ring (bicyclic) bond motifs is 1. The standard InChI is InChI=1S/C21H26N2O3/c1-15(22)16-10-11-19-18(14-16)23(20(24)21(2,3)26-19)12-7-13-25-17-8-5-4-6-9-17/h4-6,8-11,14-15H,7,12-13,22H2,1-3H3. The highest BCUT2D eigenvalue weighted by Gasteiger charge is 2.40. The third-order valence-electron chi connectivity index (χ3n) is 4.46. The zero-order valence-corrected chi connectivity index (χ0v) is 15.6. The van der Waals surface area contributed by atoms with E-state index in [0.29, 0.717) is 18.9 Å². The fraction of sp³-hybridized carbons (Fsp3) is 0.381. The van der Waals surface area contributed by atoms with Gasteiger partial charge < -0.3 is 20.1 Å². The number of anilines is 1. The zero-order valence-electron chi connectivity index (χ0n) is 15.6. The maximum absolute atomic E-state index is 12.9. The van der Waals surface area contributed by atoms with Gasteiger partial charge in [-0.3, -0.25) is 4.79 Å². The molecular formula is C21H26N2O3. The van der Waals surface area contributed by atoms with E-state index in [1.54, 1.807) is 18.7 Å². The monoisotopic (exact) mass is 354 g/mol. The molecule has 0 saturated heterocycles. The summed E-state index contributed by atoms with van der Waals surface area (Å²) in [5, 5.41) is 0. The van der Waals surface area contributed by atoms with Crippen LogP contribution in [0.4, 0.5) is 5.69 Å². The molecule has 2 aromatic carbocycles. The van der Waals surface area contributed by atoms with Crippen molar-refractivity contribution in [3.05, 3.63) is 54.1 Å². The van der Waals surface area contributed by atoms with Gasteiger partial charge in [-0.1, -0.05) is 24.3 Å². The van der Waals surface area contributed by atoms with Gasteiger partial charge in [-0.15, -0.1) is 0 Å². The lowest BCUT2D eigenvalue weighted by Crippen LogP contribution is -2.53. The van der Waals surface area contributed by atoms with E-state index in [1.165, 1.54) is 0 Å². The molecule has 1 heterocycles. The molecular weight excluding hydrogens is 328 g/mol. The summed E-state index contributed by atoms with van der Waals surface area (Å²) in [6.07, 6.45) is 0.721. The number of amides is 1. The molecule has 0 radical (unpaired) electrons. The lowest BCUT2D eigenvalue weighted by Gasteiger charge is -2.39. The smallest absolute Gasteiger partial charge is 0.270 e. The first-order valence-electron chi connectivity index (χ1n) is 8.97. The van der Waals surface area contributed by atoms with Gasteiger partial charge in [0, 0.05) is 12.6 Å². The molecule has 3 rings (SSSR count). The highest BCUT2D eigenvalue weighted by molar-refractivity contribution is 6.02. The number of para-hydroxylation sites is 1. The molecule has 138 valence electrons. The first kappa shape index (κ1) is 18.3. The Hall–Kier alpha value is -2.53. The first-order valence-corrected chi connectivity index (χ1v) is 8.97. The molecule has 0 fully saturated rings. The van der Waals surface area contributed by atoms with Crippen LogP contribution in [0.3, 0.4) is 0 Å². The van der Waals surface area contributed by atoms with E-state index in [9.17, 15) is 4.79 Å². The number of hydrogen-bond acceptors (Lipinski definition) is 4. The summed E-state index contributed by atoms with van der Waals surface area (Å²) in [7, 11) is 0. The van der Waals surface area contributed by atoms with Crippen LogP contribution in [-0.2, 0) is 4.79 Å². The SMILES string of the molecule is CC(N)c1ccc2c(c1)N(CCCOc1ccccc1)C(=O)C(C)(C)O2. The Bertz CT molecular complexity index is 772. The normalized spacial score (nSPS) is 16.6. The minimum Gasteiger partial charge on any atom is -0.494 e. The molecule has 1 aliphatic heterocycles. The Morgan fingerprint density at radius 1 is 1.19 bits per heavy atom. The predicted octanol–water partition coefficient (Wildman–Crippen LogP) is 3.68. The predicted molar refractivity (Wildman–Crippen MR) is 103 cm³/mol. The molecule has 0 saturated carbocycles. The van der Waals surface area contributed by atoms with Gasteiger partial charge in [0.15, 0.2) is 5.60 Å². The van der Waals surface area contributed by atoms with Gasteiger partial charge in [0.05, 0.1) is 12.3 Å². The second-order valence-electron chi connectivity index (χ2n) is 7.10. The molecule has 5 nitrogen and oxygen atoms in total. The topological polar surface area (TPSA) is 64.8 Å². The highest BCUT2D eigenvalue weighted by Crippen LogP contribution is 2.39. The fourth-order valence-corrected chi connectivity index (χ4v) is 3.02. The van der Waals surface area contributed by atoms with Crippen LogP contribution < -0.4 is 20.1 Å². The van der Waals surface area contributed by atoms with Crippen molar-refractivity contribution in [2.45, 2.75) is 38.8 Å². The number of carbonyl (C=O) groups is 1. The van der Waals surface area contributed by atoms with Gasteiger partial charge in [0.2, 0.25) is 0 Å². The number of carbonyl (C=O) groups excluding carboxylic acids is 1. The van der Waals surface area contributed by atoms with Crippen molar-refractivity contribution < 1.29 is 14.3 Å². The Labute approximate surface area is 154 Å². The van der Waals surface area contributed by atoms with Gasteiger partial charge in [-0.25, -0.2) is 0 Å². The summed E-state index contributed by atoms with van der Waals surface area (Å²) in [4.78, 5) is 14.7. The van der Waals surface area contributed by atoms with E-state index in [1.807, 2.05) is 55.5 Å². The minimum atomic E-state index is -0.886. The Kier molecular flexibility index (Phi) is 5.18. The average Bonchev–Trinajstić information content (AvgIpc) is 2.61. The molecule has 1 atom stereocenters. The van der Waals surface area contributed by atoms with E-state index in [4.69, 9.17) is 15.2 Å². The average molecular weight is 354 g/mol. The summed E-state index contributed by atoms with van der Waals surface area (Å²) in [5.41, 5.74) is 6.87. The van der Waals surface area contributed by atoms with Crippen molar-refractivity contribution in [3.8, 4) is 11.5 Å². The largest absolute Gasteiger partial charge is 0.494 e. The number of nitrogens with two attached hydrogens (primary N) is 1. The number of benzene rings is 2. The number of ether oxygens (including phenoxy) is 2. The molecule has 2 N–H and O–H groups in total. The molecule has 0 aromatic heterocycles. The summed E-state index contributed by atoms with van der Waals surface area (Å²) in [5.74, 6) is 1.50. The van der Waals surface area contributed by atoms with Crippen LogP contribution in [0.5, 0.6) is 11.5 Å². The van der Waals surface area contributed by atoms with Gasteiger partial charge >= 0.3 is 0 Å². The molecule has 0 spiro atoms. The first-order chi connectivity index (χ1) is 12.4. The van der Waals surface area contributed by atoms with Crippen molar-refractivity contribution in [3.63, 3.8) is 0 Å². The van der Waals surface area contributed by atoms with E-state index >= 15 is 0 Å². The van der Waals surface area contributed by atoms with Crippen molar-refractivity contribution in [1.82, 2.24) is 0 Å². The van der Waals surface area contributed by atoms with E-state index in [0.717, 1.165) is 23.4 Å². The fourth-order valence-electron chi connectivity index (χ4n) is 3.02. The van der Waals surface area contributed by atoms with Gasteiger partial charge in [0.1, 0.15) is 11.5 Å². The van der Waals surface area contributed by atoms with Crippen LogP contribution in [0.2, 0.25) is 0 Å². The van der Waals surface area contributed by atoms with E-state index in [2.05, 4.69) is 0 Å². The number of hydrogen-bond donors (Lipinski definition) is 1.